The molecule has 2 N–H and O–H groups in total. The second kappa shape index (κ2) is 5.35. The maximum atomic E-state index is 14.4. The Bertz CT molecular complexity index is 368. The van der Waals surface area contributed by atoms with Crippen molar-refractivity contribution in [2.75, 3.05) is 6.54 Å². The minimum Gasteiger partial charge on any atom is -0.328 e. The normalized spacial score (nSPS) is 15.2. The molecule has 4 heteroatoms. The first-order valence-electron chi connectivity index (χ1n) is 5.22. The molecule has 1 rings (SSSR count). The van der Waals surface area contributed by atoms with E-state index in [0.717, 1.165) is 5.56 Å². The lowest BCUT2D eigenvalue weighted by Gasteiger charge is -2.28. The quantitative estimate of drug-likeness (QED) is 0.878. The molecule has 0 aliphatic carbocycles. The van der Waals surface area contributed by atoms with Gasteiger partial charge in [0.25, 0.3) is 0 Å². The molecule has 0 saturated carbocycles. The van der Waals surface area contributed by atoms with E-state index >= 15 is 0 Å². The fraction of sp³-hybridized carbons (Fsp3) is 0.500. The topological polar surface area (TPSA) is 26.0 Å². The molecule has 1 aromatic rings. The molecule has 1 unspecified atom stereocenters. The van der Waals surface area contributed by atoms with Crippen LogP contribution in [0.1, 0.15) is 19.4 Å². The van der Waals surface area contributed by atoms with E-state index in [-0.39, 0.29) is 18.9 Å². The van der Waals surface area contributed by atoms with Crippen molar-refractivity contribution in [3.8, 4) is 0 Å². The summed E-state index contributed by atoms with van der Waals surface area (Å²) in [4.78, 5) is 0. The highest BCUT2D eigenvalue weighted by Gasteiger charge is 2.32. The van der Waals surface area contributed by atoms with Crippen LogP contribution in [0.25, 0.3) is 0 Å². The summed E-state index contributed by atoms with van der Waals surface area (Å²) in [5.41, 5.74) is 4.91. The van der Waals surface area contributed by atoms with Gasteiger partial charge in [-0.15, -0.1) is 0 Å². The van der Waals surface area contributed by atoms with Gasteiger partial charge in [-0.25, -0.2) is 4.39 Å². The fourth-order valence-corrected chi connectivity index (χ4v) is 1.82. The number of benzene rings is 1. The number of halogens is 3. The van der Waals surface area contributed by atoms with Gasteiger partial charge in [0.15, 0.2) is 0 Å². The van der Waals surface area contributed by atoms with E-state index in [4.69, 9.17) is 28.9 Å². The summed E-state index contributed by atoms with van der Waals surface area (Å²) < 4.78 is 14.4. The van der Waals surface area contributed by atoms with Crippen LogP contribution in [0.3, 0.4) is 0 Å². The van der Waals surface area contributed by atoms with Crippen molar-refractivity contribution in [1.82, 2.24) is 0 Å². The van der Waals surface area contributed by atoms with E-state index in [0.29, 0.717) is 10.0 Å². The number of hydrogen-bond donors (Lipinski definition) is 1. The molecule has 0 aliphatic heterocycles. The lowest BCUT2D eigenvalue weighted by molar-refractivity contribution is 0.110. The van der Waals surface area contributed by atoms with Crippen LogP contribution in [0.15, 0.2) is 18.2 Å². The number of alkyl halides is 1. The highest BCUT2D eigenvalue weighted by molar-refractivity contribution is 6.42. The molecule has 0 aliphatic rings. The molecule has 0 aromatic heterocycles. The standard InChI is InChI=1S/C12H16Cl2FN/c1-8(2)12(15,7-16)6-9-3-4-10(13)11(14)5-9/h3-5,8H,6-7,16H2,1-2H3. The Kier molecular flexibility index (Phi) is 4.60. The minimum atomic E-state index is -1.39. The highest BCUT2D eigenvalue weighted by Crippen LogP contribution is 2.29. The van der Waals surface area contributed by atoms with Crippen molar-refractivity contribution in [2.24, 2.45) is 11.7 Å². The Morgan fingerprint density at radius 1 is 1.31 bits per heavy atom. The Hall–Kier alpha value is -0.310. The SMILES string of the molecule is CC(C)C(F)(CN)Cc1ccc(Cl)c(Cl)c1. The molecular formula is C12H16Cl2FN. The molecule has 90 valence electrons. The Morgan fingerprint density at radius 3 is 2.38 bits per heavy atom. The number of hydrogen-bond acceptors (Lipinski definition) is 1. The van der Waals surface area contributed by atoms with E-state index in [9.17, 15) is 4.39 Å². The maximum Gasteiger partial charge on any atom is 0.129 e. The predicted molar refractivity (Wildman–Crippen MR) is 67.9 cm³/mol. The van der Waals surface area contributed by atoms with Crippen molar-refractivity contribution >= 4 is 23.2 Å². The van der Waals surface area contributed by atoms with Crippen molar-refractivity contribution in [3.05, 3.63) is 33.8 Å². The molecule has 1 atom stereocenters. The summed E-state index contributed by atoms with van der Waals surface area (Å²) in [5.74, 6) is -0.132. The zero-order valence-electron chi connectivity index (χ0n) is 9.43. The monoisotopic (exact) mass is 263 g/mol. The van der Waals surface area contributed by atoms with Gasteiger partial charge in [0, 0.05) is 13.0 Å². The van der Waals surface area contributed by atoms with Crippen molar-refractivity contribution in [1.29, 1.82) is 0 Å². The predicted octanol–water partition coefficient (Wildman–Crippen LogP) is 3.86. The molecule has 0 saturated heterocycles. The third-order valence-electron chi connectivity index (χ3n) is 2.86. The Balaban J connectivity index is 2.90. The summed E-state index contributed by atoms with van der Waals surface area (Å²) >= 11 is 11.7. The van der Waals surface area contributed by atoms with Crippen LogP contribution in [-0.2, 0) is 6.42 Å². The van der Waals surface area contributed by atoms with E-state index in [2.05, 4.69) is 0 Å². The summed E-state index contributed by atoms with van der Waals surface area (Å²) in [6, 6.07) is 5.15. The molecular weight excluding hydrogens is 248 g/mol. The van der Waals surface area contributed by atoms with Gasteiger partial charge in [0.05, 0.1) is 10.0 Å². The van der Waals surface area contributed by atoms with Crippen LogP contribution >= 0.6 is 23.2 Å². The van der Waals surface area contributed by atoms with Crippen molar-refractivity contribution in [3.63, 3.8) is 0 Å². The first kappa shape index (κ1) is 13.8. The van der Waals surface area contributed by atoms with Crippen molar-refractivity contribution < 1.29 is 4.39 Å². The Morgan fingerprint density at radius 2 is 1.94 bits per heavy atom. The van der Waals surface area contributed by atoms with Gasteiger partial charge in [-0.2, -0.15) is 0 Å². The zero-order valence-corrected chi connectivity index (χ0v) is 10.9. The lowest BCUT2D eigenvalue weighted by atomic mass is 9.86. The average molecular weight is 264 g/mol. The third-order valence-corrected chi connectivity index (χ3v) is 3.60. The molecule has 0 radical (unpaired) electrons. The minimum absolute atomic E-state index is 0.00487. The molecule has 0 bridgehead atoms. The van der Waals surface area contributed by atoms with E-state index < -0.39 is 5.67 Å². The van der Waals surface area contributed by atoms with Gasteiger partial charge >= 0.3 is 0 Å². The van der Waals surface area contributed by atoms with Gasteiger partial charge < -0.3 is 5.73 Å². The molecule has 0 heterocycles. The van der Waals surface area contributed by atoms with Crippen LogP contribution in [0.5, 0.6) is 0 Å². The summed E-state index contributed by atoms with van der Waals surface area (Å²) in [6.07, 6.45) is 0.262. The van der Waals surface area contributed by atoms with Crippen molar-refractivity contribution in [2.45, 2.75) is 25.9 Å². The van der Waals surface area contributed by atoms with Gasteiger partial charge in [0.2, 0.25) is 0 Å². The molecule has 0 spiro atoms. The first-order valence-corrected chi connectivity index (χ1v) is 5.97. The molecule has 1 nitrogen and oxygen atoms in total. The van der Waals surface area contributed by atoms with E-state index in [1.807, 2.05) is 13.8 Å². The summed E-state index contributed by atoms with van der Waals surface area (Å²) in [5, 5.41) is 0.925. The van der Waals surface area contributed by atoms with Gasteiger partial charge in [0.1, 0.15) is 5.67 Å². The first-order chi connectivity index (χ1) is 7.39. The van der Waals surface area contributed by atoms with Crippen LogP contribution in [0, 0.1) is 5.92 Å². The second-order valence-electron chi connectivity index (χ2n) is 4.32. The summed E-state index contributed by atoms with van der Waals surface area (Å²) in [7, 11) is 0. The van der Waals surface area contributed by atoms with Crippen LogP contribution in [0.4, 0.5) is 4.39 Å². The molecule has 0 fully saturated rings. The van der Waals surface area contributed by atoms with E-state index in [1.165, 1.54) is 0 Å². The number of rotatable bonds is 4. The van der Waals surface area contributed by atoms with E-state index in [1.54, 1.807) is 18.2 Å². The van der Waals surface area contributed by atoms with Gasteiger partial charge in [-0.1, -0.05) is 43.1 Å². The van der Waals surface area contributed by atoms with Crippen LogP contribution in [0.2, 0.25) is 10.0 Å². The summed E-state index contributed by atoms with van der Waals surface area (Å²) in [6.45, 7) is 3.65. The van der Waals surface area contributed by atoms with Crippen LogP contribution < -0.4 is 5.73 Å². The highest BCUT2D eigenvalue weighted by atomic mass is 35.5. The molecule has 16 heavy (non-hydrogen) atoms. The number of nitrogens with two attached hydrogens (primary N) is 1. The fourth-order valence-electron chi connectivity index (χ4n) is 1.50. The Labute approximate surface area is 106 Å². The second-order valence-corrected chi connectivity index (χ2v) is 5.13. The lowest BCUT2D eigenvalue weighted by Crippen LogP contribution is -2.40. The average Bonchev–Trinajstić information content (AvgIpc) is 2.23. The van der Waals surface area contributed by atoms with Gasteiger partial charge in [-0.05, 0) is 23.6 Å². The molecule has 0 amide bonds. The smallest absolute Gasteiger partial charge is 0.129 e. The third kappa shape index (κ3) is 3.09. The zero-order chi connectivity index (χ0) is 12.3. The van der Waals surface area contributed by atoms with Gasteiger partial charge in [-0.3, -0.25) is 0 Å². The largest absolute Gasteiger partial charge is 0.328 e. The van der Waals surface area contributed by atoms with Crippen LogP contribution in [-0.4, -0.2) is 12.2 Å². The maximum absolute atomic E-state index is 14.4. The molecule has 1 aromatic carbocycles.